The van der Waals surface area contributed by atoms with E-state index in [2.05, 4.69) is 51.2 Å². The van der Waals surface area contributed by atoms with Crippen molar-refractivity contribution in [1.29, 1.82) is 0 Å². The molecule has 0 spiro atoms. The third kappa shape index (κ3) is 4.01. The lowest BCUT2D eigenvalue weighted by atomic mass is 9.84. The molecule has 0 heterocycles. The van der Waals surface area contributed by atoms with Crippen LogP contribution < -0.4 is 5.32 Å². The Morgan fingerprint density at radius 1 is 1.24 bits per heavy atom. The molecule has 1 aromatic carbocycles. The van der Waals surface area contributed by atoms with Gasteiger partial charge in [-0.1, -0.05) is 37.6 Å². The monoisotopic (exact) mass is 253 g/mol. The molecule has 0 fully saturated rings. The number of benzene rings is 1. The topological polar surface area (TPSA) is 12.0 Å². The lowest BCUT2D eigenvalue weighted by Gasteiger charge is -2.27. The van der Waals surface area contributed by atoms with Gasteiger partial charge in [-0.05, 0) is 56.3 Å². The SMILES string of the molecule is CNC(C)C(Cc1ccc(C)cc1Cl)C(C)C. The Hall–Kier alpha value is -0.530. The molecular formula is C15H24ClN. The van der Waals surface area contributed by atoms with Gasteiger partial charge in [-0.15, -0.1) is 0 Å². The van der Waals surface area contributed by atoms with E-state index in [9.17, 15) is 0 Å². The fraction of sp³-hybridized carbons (Fsp3) is 0.600. The molecule has 0 bridgehead atoms. The minimum atomic E-state index is 0.507. The molecule has 0 saturated heterocycles. The quantitative estimate of drug-likeness (QED) is 0.834. The van der Waals surface area contributed by atoms with Crippen molar-refractivity contribution in [2.45, 2.75) is 40.2 Å². The summed E-state index contributed by atoms with van der Waals surface area (Å²) in [4.78, 5) is 0. The van der Waals surface area contributed by atoms with Crippen LogP contribution in [0, 0.1) is 18.8 Å². The summed E-state index contributed by atoms with van der Waals surface area (Å²) in [5.74, 6) is 1.26. The first-order valence-corrected chi connectivity index (χ1v) is 6.75. The molecule has 96 valence electrons. The highest BCUT2D eigenvalue weighted by Gasteiger charge is 2.20. The molecule has 0 radical (unpaired) electrons. The Kier molecular flexibility index (Phi) is 5.48. The number of rotatable bonds is 5. The minimum absolute atomic E-state index is 0.507. The molecule has 0 aromatic heterocycles. The van der Waals surface area contributed by atoms with Crippen LogP contribution in [0.5, 0.6) is 0 Å². The predicted octanol–water partition coefficient (Wildman–Crippen LogP) is 4.07. The van der Waals surface area contributed by atoms with Crippen molar-refractivity contribution in [3.8, 4) is 0 Å². The molecule has 1 nitrogen and oxygen atoms in total. The molecule has 1 aromatic rings. The van der Waals surface area contributed by atoms with Crippen LogP contribution in [-0.2, 0) is 6.42 Å². The van der Waals surface area contributed by atoms with Crippen molar-refractivity contribution < 1.29 is 0 Å². The number of halogens is 1. The summed E-state index contributed by atoms with van der Waals surface area (Å²) < 4.78 is 0. The van der Waals surface area contributed by atoms with Gasteiger partial charge in [0.25, 0.3) is 0 Å². The number of hydrogen-bond acceptors (Lipinski definition) is 1. The molecule has 1 rings (SSSR count). The van der Waals surface area contributed by atoms with Crippen LogP contribution in [0.15, 0.2) is 18.2 Å². The lowest BCUT2D eigenvalue weighted by Crippen LogP contribution is -2.35. The molecule has 0 aliphatic rings. The Morgan fingerprint density at radius 3 is 2.35 bits per heavy atom. The van der Waals surface area contributed by atoms with Gasteiger partial charge in [0.2, 0.25) is 0 Å². The van der Waals surface area contributed by atoms with E-state index in [4.69, 9.17) is 11.6 Å². The van der Waals surface area contributed by atoms with Gasteiger partial charge >= 0.3 is 0 Å². The molecule has 0 aliphatic carbocycles. The highest BCUT2D eigenvalue weighted by atomic mass is 35.5. The highest BCUT2D eigenvalue weighted by molar-refractivity contribution is 6.31. The number of nitrogens with one attached hydrogen (secondary N) is 1. The summed E-state index contributed by atoms with van der Waals surface area (Å²) in [6.07, 6.45) is 1.04. The van der Waals surface area contributed by atoms with Gasteiger partial charge in [-0.25, -0.2) is 0 Å². The van der Waals surface area contributed by atoms with Gasteiger partial charge in [0.1, 0.15) is 0 Å². The minimum Gasteiger partial charge on any atom is -0.317 e. The van der Waals surface area contributed by atoms with Crippen molar-refractivity contribution in [1.82, 2.24) is 5.32 Å². The fourth-order valence-corrected chi connectivity index (χ4v) is 2.59. The molecule has 0 saturated carbocycles. The first-order valence-electron chi connectivity index (χ1n) is 6.38. The van der Waals surface area contributed by atoms with Crippen LogP contribution in [-0.4, -0.2) is 13.1 Å². The zero-order valence-electron chi connectivity index (χ0n) is 11.5. The largest absolute Gasteiger partial charge is 0.317 e. The maximum Gasteiger partial charge on any atom is 0.0440 e. The fourth-order valence-electron chi connectivity index (χ4n) is 2.28. The molecule has 17 heavy (non-hydrogen) atoms. The van der Waals surface area contributed by atoms with E-state index in [1.54, 1.807) is 0 Å². The zero-order chi connectivity index (χ0) is 13.0. The normalized spacial score (nSPS) is 15.0. The molecule has 2 heteroatoms. The standard InChI is InChI=1S/C15H24ClN/c1-10(2)14(12(4)17-5)9-13-7-6-11(3)8-15(13)16/h6-8,10,12,14,17H,9H2,1-5H3. The smallest absolute Gasteiger partial charge is 0.0440 e. The number of hydrogen-bond donors (Lipinski definition) is 1. The molecule has 0 aliphatic heterocycles. The summed E-state index contributed by atoms with van der Waals surface area (Å²) in [5, 5.41) is 4.26. The van der Waals surface area contributed by atoms with E-state index in [1.807, 2.05) is 7.05 Å². The highest BCUT2D eigenvalue weighted by Crippen LogP contribution is 2.26. The van der Waals surface area contributed by atoms with Crippen molar-refractivity contribution in [2.75, 3.05) is 7.05 Å². The molecule has 2 unspecified atom stereocenters. The van der Waals surface area contributed by atoms with Crippen LogP contribution >= 0.6 is 11.6 Å². The molecule has 1 N–H and O–H groups in total. The van der Waals surface area contributed by atoms with Crippen molar-refractivity contribution in [3.05, 3.63) is 34.3 Å². The Labute approximate surface area is 111 Å². The van der Waals surface area contributed by atoms with E-state index >= 15 is 0 Å². The van der Waals surface area contributed by atoms with Crippen LogP contribution in [0.4, 0.5) is 0 Å². The summed E-state index contributed by atoms with van der Waals surface area (Å²) in [5.41, 5.74) is 2.49. The van der Waals surface area contributed by atoms with Gasteiger partial charge in [-0.2, -0.15) is 0 Å². The summed E-state index contributed by atoms with van der Waals surface area (Å²) >= 11 is 6.31. The van der Waals surface area contributed by atoms with Crippen molar-refractivity contribution in [3.63, 3.8) is 0 Å². The van der Waals surface area contributed by atoms with E-state index < -0.39 is 0 Å². The second kappa shape index (κ2) is 6.42. The van der Waals surface area contributed by atoms with Crippen molar-refractivity contribution >= 4 is 11.6 Å². The van der Waals surface area contributed by atoms with Crippen molar-refractivity contribution in [2.24, 2.45) is 11.8 Å². The third-order valence-electron chi connectivity index (χ3n) is 3.62. The van der Waals surface area contributed by atoms with Gasteiger partial charge in [0.05, 0.1) is 0 Å². The number of aryl methyl sites for hydroxylation is 1. The second-order valence-electron chi connectivity index (χ2n) is 5.28. The summed E-state index contributed by atoms with van der Waals surface area (Å²) in [6.45, 7) is 8.87. The van der Waals surface area contributed by atoms with Crippen LogP contribution in [0.1, 0.15) is 31.9 Å². The predicted molar refractivity (Wildman–Crippen MR) is 76.7 cm³/mol. The van der Waals surface area contributed by atoms with Crippen LogP contribution in [0.2, 0.25) is 5.02 Å². The van der Waals surface area contributed by atoms with E-state index in [-0.39, 0.29) is 0 Å². The maximum absolute atomic E-state index is 6.31. The Morgan fingerprint density at radius 2 is 1.88 bits per heavy atom. The van der Waals surface area contributed by atoms with E-state index in [0.29, 0.717) is 17.9 Å². The Balaban J connectivity index is 2.86. The van der Waals surface area contributed by atoms with Gasteiger partial charge in [0.15, 0.2) is 0 Å². The average molecular weight is 254 g/mol. The van der Waals surface area contributed by atoms with Crippen LogP contribution in [0.25, 0.3) is 0 Å². The van der Waals surface area contributed by atoms with Gasteiger partial charge in [0, 0.05) is 11.1 Å². The molecular weight excluding hydrogens is 230 g/mol. The average Bonchev–Trinajstić information content (AvgIpc) is 2.26. The lowest BCUT2D eigenvalue weighted by molar-refractivity contribution is 0.300. The second-order valence-corrected chi connectivity index (χ2v) is 5.69. The van der Waals surface area contributed by atoms with E-state index in [1.165, 1.54) is 11.1 Å². The third-order valence-corrected chi connectivity index (χ3v) is 3.97. The van der Waals surface area contributed by atoms with Gasteiger partial charge < -0.3 is 5.32 Å². The zero-order valence-corrected chi connectivity index (χ0v) is 12.3. The first kappa shape index (κ1) is 14.5. The van der Waals surface area contributed by atoms with Gasteiger partial charge in [-0.3, -0.25) is 0 Å². The molecule has 2 atom stereocenters. The Bertz CT molecular complexity index is 360. The van der Waals surface area contributed by atoms with E-state index in [0.717, 1.165) is 11.4 Å². The maximum atomic E-state index is 6.31. The summed E-state index contributed by atoms with van der Waals surface area (Å²) in [6, 6.07) is 6.86. The van der Waals surface area contributed by atoms with Crippen LogP contribution in [0.3, 0.4) is 0 Å². The molecule has 0 amide bonds. The first-order chi connectivity index (χ1) is 7.95. The summed E-state index contributed by atoms with van der Waals surface area (Å²) in [7, 11) is 2.02.